The van der Waals surface area contributed by atoms with Gasteiger partial charge in [0.25, 0.3) is 0 Å². The third-order valence-electron chi connectivity index (χ3n) is 2.47. The van der Waals surface area contributed by atoms with Gasteiger partial charge in [-0.05, 0) is 17.7 Å². The van der Waals surface area contributed by atoms with E-state index in [-0.39, 0.29) is 23.7 Å². The number of hydrogen-bond donors (Lipinski definition) is 1. The van der Waals surface area contributed by atoms with Gasteiger partial charge in [-0.25, -0.2) is 4.39 Å². The highest BCUT2D eigenvalue weighted by molar-refractivity contribution is 5.83. The molecule has 0 heterocycles. The van der Waals surface area contributed by atoms with Crippen LogP contribution in [0.1, 0.15) is 15.9 Å². The normalized spacial score (nSPS) is 10.1. The Hall–Kier alpha value is -2.36. The van der Waals surface area contributed by atoms with Crippen molar-refractivity contribution in [2.75, 3.05) is 0 Å². The molecular weight excluding hydrogens is 235 g/mol. The molecule has 0 bridgehead atoms. The van der Waals surface area contributed by atoms with E-state index in [1.54, 1.807) is 0 Å². The molecule has 0 saturated carbocycles. The minimum Gasteiger partial charge on any atom is -0.507 e. The quantitative estimate of drug-likeness (QED) is 0.844. The molecular formula is C14H11FO3. The van der Waals surface area contributed by atoms with Crippen molar-refractivity contribution in [2.24, 2.45) is 0 Å². The summed E-state index contributed by atoms with van der Waals surface area (Å²) in [6.07, 6.45) is 0.374. The van der Waals surface area contributed by atoms with Gasteiger partial charge in [0, 0.05) is 0 Å². The first-order valence-corrected chi connectivity index (χ1v) is 5.35. The predicted octanol–water partition coefficient (Wildman–Crippen LogP) is 2.92. The number of carbonyl (C=O) groups is 1. The number of phenols is 1. The van der Waals surface area contributed by atoms with E-state index in [0.29, 0.717) is 6.29 Å². The van der Waals surface area contributed by atoms with Crippen molar-refractivity contribution in [3.63, 3.8) is 0 Å². The zero-order valence-corrected chi connectivity index (χ0v) is 9.47. The van der Waals surface area contributed by atoms with Crippen LogP contribution in [0.5, 0.6) is 11.5 Å². The molecule has 92 valence electrons. The Bertz CT molecular complexity index is 552. The third-order valence-corrected chi connectivity index (χ3v) is 2.47. The molecule has 0 atom stereocenters. The molecule has 2 rings (SSSR count). The van der Waals surface area contributed by atoms with Crippen LogP contribution in [-0.4, -0.2) is 11.4 Å². The van der Waals surface area contributed by atoms with E-state index in [4.69, 9.17) is 4.74 Å². The van der Waals surface area contributed by atoms with Crippen LogP contribution >= 0.6 is 0 Å². The van der Waals surface area contributed by atoms with Gasteiger partial charge in [0.15, 0.2) is 17.9 Å². The van der Waals surface area contributed by atoms with E-state index in [0.717, 1.165) is 17.7 Å². The van der Waals surface area contributed by atoms with Gasteiger partial charge < -0.3 is 9.84 Å². The molecule has 0 amide bonds. The number of benzene rings is 2. The number of halogens is 1. The number of hydrogen-bond acceptors (Lipinski definition) is 3. The first-order valence-electron chi connectivity index (χ1n) is 5.35. The van der Waals surface area contributed by atoms with Gasteiger partial charge in [0.2, 0.25) is 0 Å². The minimum absolute atomic E-state index is 0.127. The van der Waals surface area contributed by atoms with Crippen LogP contribution in [-0.2, 0) is 6.61 Å². The molecule has 2 aromatic rings. The second-order valence-corrected chi connectivity index (χ2v) is 3.70. The van der Waals surface area contributed by atoms with E-state index in [1.165, 1.54) is 0 Å². The number of aromatic hydroxyl groups is 1. The number of carbonyl (C=O) groups excluding carboxylic acids is 1. The van der Waals surface area contributed by atoms with Gasteiger partial charge in [-0.1, -0.05) is 30.3 Å². The second kappa shape index (κ2) is 5.31. The summed E-state index contributed by atoms with van der Waals surface area (Å²) in [6.45, 7) is 0.127. The average molecular weight is 246 g/mol. The van der Waals surface area contributed by atoms with Crippen LogP contribution in [0.2, 0.25) is 0 Å². The molecule has 3 nitrogen and oxygen atoms in total. The summed E-state index contributed by atoms with van der Waals surface area (Å²) in [5, 5.41) is 9.44. The molecule has 0 aliphatic rings. The number of aldehydes is 1. The van der Waals surface area contributed by atoms with Gasteiger partial charge in [0.1, 0.15) is 17.9 Å². The summed E-state index contributed by atoms with van der Waals surface area (Å²) in [6, 6.07) is 11.3. The Kier molecular flexibility index (Phi) is 3.57. The largest absolute Gasteiger partial charge is 0.507 e. The van der Waals surface area contributed by atoms with Gasteiger partial charge in [0.05, 0.1) is 0 Å². The smallest absolute Gasteiger partial charge is 0.169 e. The van der Waals surface area contributed by atoms with E-state index in [9.17, 15) is 14.3 Å². The molecule has 0 saturated heterocycles. The van der Waals surface area contributed by atoms with Crippen molar-refractivity contribution in [2.45, 2.75) is 6.61 Å². The highest BCUT2D eigenvalue weighted by Gasteiger charge is 2.14. The van der Waals surface area contributed by atoms with Gasteiger partial charge in [-0.3, -0.25) is 4.79 Å². The third kappa shape index (κ3) is 2.48. The van der Waals surface area contributed by atoms with Crippen LogP contribution < -0.4 is 4.74 Å². The Labute approximate surface area is 103 Å². The van der Waals surface area contributed by atoms with Gasteiger partial charge in [-0.15, -0.1) is 0 Å². The number of rotatable bonds is 4. The van der Waals surface area contributed by atoms with Gasteiger partial charge >= 0.3 is 0 Å². The highest BCUT2D eigenvalue weighted by Crippen LogP contribution is 2.29. The van der Waals surface area contributed by atoms with Crippen molar-refractivity contribution in [3.8, 4) is 11.5 Å². The maximum Gasteiger partial charge on any atom is 0.169 e. The predicted molar refractivity (Wildman–Crippen MR) is 64.2 cm³/mol. The minimum atomic E-state index is -0.675. The standard InChI is InChI=1S/C14H11FO3/c15-12-6-7-13(17)11(8-16)14(12)18-9-10-4-2-1-3-5-10/h1-8,17H,9H2. The van der Waals surface area contributed by atoms with Crippen LogP contribution in [0.25, 0.3) is 0 Å². The number of phenolic OH excluding ortho intramolecular Hbond substituents is 1. The van der Waals surface area contributed by atoms with E-state index in [2.05, 4.69) is 0 Å². The van der Waals surface area contributed by atoms with Crippen molar-refractivity contribution in [1.82, 2.24) is 0 Å². The SMILES string of the molecule is O=Cc1c(O)ccc(F)c1OCc1ccccc1. The first-order chi connectivity index (χ1) is 8.72. The summed E-state index contributed by atoms with van der Waals surface area (Å²) >= 11 is 0. The van der Waals surface area contributed by atoms with E-state index >= 15 is 0 Å². The molecule has 0 aromatic heterocycles. The van der Waals surface area contributed by atoms with Crippen molar-refractivity contribution >= 4 is 6.29 Å². The molecule has 0 fully saturated rings. The summed E-state index contributed by atoms with van der Waals surface area (Å²) < 4.78 is 18.8. The topological polar surface area (TPSA) is 46.5 Å². The molecule has 1 N–H and O–H groups in total. The lowest BCUT2D eigenvalue weighted by atomic mass is 10.2. The highest BCUT2D eigenvalue weighted by atomic mass is 19.1. The lowest BCUT2D eigenvalue weighted by Crippen LogP contribution is -2.00. The zero-order chi connectivity index (χ0) is 13.0. The van der Waals surface area contributed by atoms with Crippen LogP contribution in [0, 0.1) is 5.82 Å². The fourth-order valence-corrected chi connectivity index (χ4v) is 1.55. The zero-order valence-electron chi connectivity index (χ0n) is 9.47. The summed E-state index contributed by atoms with van der Waals surface area (Å²) in [4.78, 5) is 10.8. The summed E-state index contributed by atoms with van der Waals surface area (Å²) in [7, 11) is 0. The summed E-state index contributed by atoms with van der Waals surface area (Å²) in [5.41, 5.74) is 0.669. The molecule has 18 heavy (non-hydrogen) atoms. The molecule has 0 unspecified atom stereocenters. The fourth-order valence-electron chi connectivity index (χ4n) is 1.55. The second-order valence-electron chi connectivity index (χ2n) is 3.70. The summed E-state index contributed by atoms with van der Waals surface area (Å²) in [5.74, 6) is -1.20. The van der Waals surface area contributed by atoms with Gasteiger partial charge in [-0.2, -0.15) is 0 Å². The van der Waals surface area contributed by atoms with Crippen LogP contribution in [0.3, 0.4) is 0 Å². The van der Waals surface area contributed by atoms with Crippen molar-refractivity contribution in [1.29, 1.82) is 0 Å². The van der Waals surface area contributed by atoms with E-state index in [1.807, 2.05) is 30.3 Å². The van der Waals surface area contributed by atoms with Crippen LogP contribution in [0.15, 0.2) is 42.5 Å². The Morgan fingerprint density at radius 3 is 2.56 bits per heavy atom. The van der Waals surface area contributed by atoms with Crippen molar-refractivity contribution in [3.05, 3.63) is 59.4 Å². The average Bonchev–Trinajstić information content (AvgIpc) is 2.41. The lowest BCUT2D eigenvalue weighted by molar-refractivity contribution is 0.111. The maximum atomic E-state index is 13.5. The monoisotopic (exact) mass is 246 g/mol. The molecule has 0 spiro atoms. The Balaban J connectivity index is 2.24. The Morgan fingerprint density at radius 2 is 1.89 bits per heavy atom. The molecule has 0 radical (unpaired) electrons. The molecule has 0 aliphatic heterocycles. The Morgan fingerprint density at radius 1 is 1.17 bits per heavy atom. The van der Waals surface area contributed by atoms with Crippen molar-refractivity contribution < 1.29 is 19.0 Å². The first kappa shape index (κ1) is 12.1. The molecule has 2 aromatic carbocycles. The maximum absolute atomic E-state index is 13.5. The van der Waals surface area contributed by atoms with E-state index < -0.39 is 5.82 Å². The molecule has 4 heteroatoms. The molecule has 0 aliphatic carbocycles. The van der Waals surface area contributed by atoms with Crippen LogP contribution in [0.4, 0.5) is 4.39 Å². The number of ether oxygens (including phenoxy) is 1. The lowest BCUT2D eigenvalue weighted by Gasteiger charge is -2.10. The fraction of sp³-hybridized carbons (Fsp3) is 0.0714.